The molecule has 1 saturated heterocycles. The standard InChI is InChI=1S/C29H36ClN7O3/c1-19-4-7-23(40-19)17-37-13-10-21(11-14-37)33-26-24(30)16-32-29-27(26)34-28(35-29)20-5-8-22(9-6-20)39-18-25(38)31-12-15-36(2)3/h4-9,16,21H,10-15,17-18H2,1-3H3,(H,31,38)(H2,32,33,34,35). The SMILES string of the molecule is Cc1ccc(CN2CCC(Nc3c(Cl)cnc4nc(-c5ccc(OCC(=O)NCCN(C)C)cc5)[nH]c34)CC2)o1. The van der Waals surface area contributed by atoms with Crippen LogP contribution in [0.25, 0.3) is 22.6 Å². The number of pyridine rings is 1. The normalized spacial score (nSPS) is 14.6. The fourth-order valence-corrected chi connectivity index (χ4v) is 4.97. The van der Waals surface area contributed by atoms with Crippen molar-refractivity contribution in [1.82, 2.24) is 30.1 Å². The van der Waals surface area contributed by atoms with Crippen molar-refractivity contribution in [2.45, 2.75) is 32.4 Å². The lowest BCUT2D eigenvalue weighted by molar-refractivity contribution is -0.123. The lowest BCUT2D eigenvalue weighted by Crippen LogP contribution is -2.38. The van der Waals surface area contributed by atoms with E-state index in [1.54, 1.807) is 6.20 Å². The van der Waals surface area contributed by atoms with Crippen LogP contribution in [0.4, 0.5) is 5.69 Å². The van der Waals surface area contributed by atoms with Gasteiger partial charge in [-0.05, 0) is 70.3 Å². The first-order valence-electron chi connectivity index (χ1n) is 13.6. The van der Waals surface area contributed by atoms with E-state index in [0.29, 0.717) is 34.8 Å². The molecule has 0 unspecified atom stereocenters. The molecule has 1 aliphatic rings. The minimum absolute atomic E-state index is 0.0314. The van der Waals surface area contributed by atoms with Crippen LogP contribution in [0.5, 0.6) is 5.75 Å². The van der Waals surface area contributed by atoms with Crippen LogP contribution in [0.3, 0.4) is 0 Å². The molecule has 0 aliphatic carbocycles. The van der Waals surface area contributed by atoms with Gasteiger partial charge in [0.05, 0.1) is 23.5 Å². The Bertz CT molecular complexity index is 1430. The van der Waals surface area contributed by atoms with Crippen LogP contribution in [-0.2, 0) is 11.3 Å². The number of furan rings is 1. The molecule has 5 rings (SSSR count). The summed E-state index contributed by atoms with van der Waals surface area (Å²) < 4.78 is 11.4. The van der Waals surface area contributed by atoms with E-state index in [2.05, 4.69) is 31.6 Å². The first-order chi connectivity index (χ1) is 19.3. The minimum atomic E-state index is -0.149. The van der Waals surface area contributed by atoms with Crippen LogP contribution in [0, 0.1) is 6.92 Å². The van der Waals surface area contributed by atoms with Gasteiger partial charge in [-0.15, -0.1) is 0 Å². The molecule has 4 aromatic rings. The van der Waals surface area contributed by atoms with E-state index in [9.17, 15) is 4.79 Å². The van der Waals surface area contributed by atoms with E-state index in [1.807, 2.05) is 56.3 Å². The highest BCUT2D eigenvalue weighted by atomic mass is 35.5. The summed E-state index contributed by atoms with van der Waals surface area (Å²) in [5, 5.41) is 7.05. The van der Waals surface area contributed by atoms with Crippen molar-refractivity contribution in [2.24, 2.45) is 0 Å². The number of H-pyrrole nitrogens is 1. The summed E-state index contributed by atoms with van der Waals surface area (Å²) >= 11 is 6.60. The maximum absolute atomic E-state index is 12.0. The van der Waals surface area contributed by atoms with Crippen molar-refractivity contribution in [2.75, 3.05) is 52.2 Å². The van der Waals surface area contributed by atoms with Crippen LogP contribution in [0.2, 0.25) is 5.02 Å². The number of ether oxygens (including phenoxy) is 1. The number of halogens is 1. The number of aromatic amines is 1. The lowest BCUT2D eigenvalue weighted by Gasteiger charge is -2.32. The quantitative estimate of drug-likeness (QED) is 0.247. The number of imidazole rings is 1. The molecule has 1 aromatic carbocycles. The summed E-state index contributed by atoms with van der Waals surface area (Å²) in [5.41, 5.74) is 3.09. The molecule has 1 aliphatic heterocycles. The number of benzene rings is 1. The van der Waals surface area contributed by atoms with Gasteiger partial charge in [0.25, 0.3) is 5.91 Å². The summed E-state index contributed by atoms with van der Waals surface area (Å²) in [4.78, 5) is 28.9. The number of piperidine rings is 1. The zero-order chi connectivity index (χ0) is 28.1. The number of hydrogen-bond donors (Lipinski definition) is 3. The second-order valence-electron chi connectivity index (χ2n) is 10.4. The molecule has 0 bridgehead atoms. The predicted octanol–water partition coefficient (Wildman–Crippen LogP) is 4.31. The molecule has 3 N–H and O–H groups in total. The number of carbonyl (C=O) groups excluding carboxylic acids is 1. The summed E-state index contributed by atoms with van der Waals surface area (Å²) in [6, 6.07) is 11.8. The molecule has 0 spiro atoms. The molecular formula is C29H36ClN7O3. The summed E-state index contributed by atoms with van der Waals surface area (Å²) in [6.45, 7) is 6.09. The van der Waals surface area contributed by atoms with Gasteiger partial charge in [-0.25, -0.2) is 9.97 Å². The van der Waals surface area contributed by atoms with Gasteiger partial charge in [-0.3, -0.25) is 9.69 Å². The van der Waals surface area contributed by atoms with Crippen LogP contribution in [0.15, 0.2) is 47.0 Å². The number of aromatic nitrogens is 3. The molecule has 0 atom stereocenters. The highest BCUT2D eigenvalue weighted by molar-refractivity contribution is 6.34. The Labute approximate surface area is 239 Å². The number of nitrogens with one attached hydrogen (secondary N) is 3. The largest absolute Gasteiger partial charge is 0.484 e. The third kappa shape index (κ3) is 7.12. The van der Waals surface area contributed by atoms with Gasteiger partial charge >= 0.3 is 0 Å². The third-order valence-corrected chi connectivity index (χ3v) is 7.25. The Morgan fingerprint density at radius 1 is 1.20 bits per heavy atom. The smallest absolute Gasteiger partial charge is 0.257 e. The predicted molar refractivity (Wildman–Crippen MR) is 157 cm³/mol. The van der Waals surface area contributed by atoms with E-state index in [-0.39, 0.29) is 12.5 Å². The average Bonchev–Trinajstić information content (AvgIpc) is 3.56. The van der Waals surface area contributed by atoms with Gasteiger partial charge in [-0.1, -0.05) is 11.6 Å². The molecule has 0 saturated carbocycles. The Kier molecular flexibility index (Phi) is 8.88. The number of nitrogens with zero attached hydrogens (tertiary/aromatic N) is 4. The Balaban J connectivity index is 1.19. The summed E-state index contributed by atoms with van der Waals surface area (Å²) in [7, 11) is 3.92. The van der Waals surface area contributed by atoms with E-state index in [1.165, 1.54) is 0 Å². The Morgan fingerprint density at radius 3 is 2.67 bits per heavy atom. The van der Waals surface area contributed by atoms with E-state index < -0.39 is 0 Å². The van der Waals surface area contributed by atoms with Gasteiger partial charge in [0, 0.05) is 37.8 Å². The molecule has 4 heterocycles. The number of likely N-dealkylation sites (N-methyl/N-ethyl adjacent to an activating group) is 1. The number of carbonyl (C=O) groups is 1. The Hall–Kier alpha value is -3.60. The fourth-order valence-electron chi connectivity index (χ4n) is 4.77. The third-order valence-electron chi connectivity index (χ3n) is 6.96. The zero-order valence-electron chi connectivity index (χ0n) is 23.2. The van der Waals surface area contributed by atoms with Crippen molar-refractivity contribution in [3.63, 3.8) is 0 Å². The zero-order valence-corrected chi connectivity index (χ0v) is 23.9. The number of anilines is 1. The number of aryl methyl sites for hydroxylation is 1. The molecule has 0 radical (unpaired) electrons. The molecule has 11 heteroatoms. The van der Waals surface area contributed by atoms with Gasteiger partial charge in [0.15, 0.2) is 12.3 Å². The number of rotatable bonds is 11. The van der Waals surface area contributed by atoms with E-state index >= 15 is 0 Å². The Morgan fingerprint density at radius 2 is 1.98 bits per heavy atom. The molecule has 10 nitrogen and oxygen atoms in total. The summed E-state index contributed by atoms with van der Waals surface area (Å²) in [6.07, 6.45) is 3.64. The summed E-state index contributed by atoms with van der Waals surface area (Å²) in [5.74, 6) is 3.10. The number of likely N-dealkylation sites (tertiary alicyclic amines) is 1. The molecule has 40 heavy (non-hydrogen) atoms. The van der Waals surface area contributed by atoms with Crippen LogP contribution < -0.4 is 15.4 Å². The fraction of sp³-hybridized carbons (Fsp3) is 0.414. The lowest BCUT2D eigenvalue weighted by atomic mass is 10.0. The van der Waals surface area contributed by atoms with Crippen LogP contribution in [0.1, 0.15) is 24.4 Å². The first-order valence-corrected chi connectivity index (χ1v) is 13.9. The van der Waals surface area contributed by atoms with Gasteiger partial charge in [0.1, 0.15) is 28.6 Å². The second kappa shape index (κ2) is 12.7. The van der Waals surface area contributed by atoms with Crippen molar-refractivity contribution in [3.8, 4) is 17.1 Å². The van der Waals surface area contributed by atoms with Crippen LogP contribution in [-0.4, -0.2) is 83.6 Å². The average molecular weight is 566 g/mol. The molecule has 212 valence electrons. The highest BCUT2D eigenvalue weighted by Crippen LogP contribution is 2.32. The van der Waals surface area contributed by atoms with Crippen molar-refractivity contribution in [3.05, 3.63) is 59.1 Å². The first kappa shape index (κ1) is 27.9. The molecule has 3 aromatic heterocycles. The molecular weight excluding hydrogens is 530 g/mol. The van der Waals surface area contributed by atoms with Gasteiger partial charge in [0.2, 0.25) is 0 Å². The van der Waals surface area contributed by atoms with Gasteiger partial charge in [-0.2, -0.15) is 0 Å². The maximum atomic E-state index is 12.0. The second-order valence-corrected chi connectivity index (χ2v) is 10.8. The number of amides is 1. The van der Waals surface area contributed by atoms with E-state index in [4.69, 9.17) is 25.7 Å². The highest BCUT2D eigenvalue weighted by Gasteiger charge is 2.22. The molecule has 1 amide bonds. The van der Waals surface area contributed by atoms with Crippen molar-refractivity contribution in [1.29, 1.82) is 0 Å². The topological polar surface area (TPSA) is 112 Å². The maximum Gasteiger partial charge on any atom is 0.257 e. The number of fused-ring (bicyclic) bond motifs is 1. The minimum Gasteiger partial charge on any atom is -0.484 e. The van der Waals surface area contributed by atoms with E-state index in [0.717, 1.165) is 67.3 Å². The van der Waals surface area contributed by atoms with Crippen molar-refractivity contribution < 1.29 is 13.9 Å². The van der Waals surface area contributed by atoms with Crippen molar-refractivity contribution >= 4 is 34.4 Å². The van der Waals surface area contributed by atoms with Crippen LogP contribution >= 0.6 is 11.6 Å². The number of hydrogen-bond acceptors (Lipinski definition) is 8. The molecule has 1 fully saturated rings. The van der Waals surface area contributed by atoms with Gasteiger partial charge < -0.3 is 29.7 Å². The monoisotopic (exact) mass is 565 g/mol.